The number of halogens is 1. The number of thiophene rings is 1. The standard InChI is InChI=1S/C14H16FNS/c1-9-4-13(15)7-14(5-9)16-8-12-6-10(2)17-11(12)3/h4-7,16H,8H2,1-3H3. The SMILES string of the molecule is Cc1cc(F)cc(NCc2cc(C)sc2C)c1. The first kappa shape index (κ1) is 12.1. The van der Waals surface area contributed by atoms with Gasteiger partial charge in [0.1, 0.15) is 5.82 Å². The van der Waals surface area contributed by atoms with Crippen molar-refractivity contribution >= 4 is 17.0 Å². The van der Waals surface area contributed by atoms with Crippen LogP contribution in [0.3, 0.4) is 0 Å². The second-order valence-corrected chi connectivity index (χ2v) is 5.77. The zero-order valence-corrected chi connectivity index (χ0v) is 11.1. The maximum atomic E-state index is 13.2. The van der Waals surface area contributed by atoms with Crippen molar-refractivity contribution < 1.29 is 4.39 Å². The van der Waals surface area contributed by atoms with Crippen LogP contribution in [0.2, 0.25) is 0 Å². The number of benzene rings is 1. The van der Waals surface area contributed by atoms with E-state index < -0.39 is 0 Å². The molecule has 0 aliphatic carbocycles. The van der Waals surface area contributed by atoms with E-state index in [1.165, 1.54) is 27.5 Å². The summed E-state index contributed by atoms with van der Waals surface area (Å²) in [6.45, 7) is 6.87. The van der Waals surface area contributed by atoms with Gasteiger partial charge in [-0.2, -0.15) is 0 Å². The number of hydrogen-bond donors (Lipinski definition) is 1. The zero-order chi connectivity index (χ0) is 12.4. The summed E-state index contributed by atoms with van der Waals surface area (Å²) in [7, 11) is 0. The average molecular weight is 249 g/mol. The van der Waals surface area contributed by atoms with Crippen molar-refractivity contribution in [1.82, 2.24) is 0 Å². The Balaban J connectivity index is 2.09. The fourth-order valence-corrected chi connectivity index (χ4v) is 2.84. The van der Waals surface area contributed by atoms with Crippen LogP contribution in [0, 0.1) is 26.6 Å². The highest BCUT2D eigenvalue weighted by Gasteiger charge is 2.03. The van der Waals surface area contributed by atoms with E-state index in [1.54, 1.807) is 11.3 Å². The van der Waals surface area contributed by atoms with Gasteiger partial charge < -0.3 is 5.32 Å². The molecule has 0 radical (unpaired) electrons. The van der Waals surface area contributed by atoms with Crippen LogP contribution in [0.5, 0.6) is 0 Å². The van der Waals surface area contributed by atoms with Crippen molar-refractivity contribution in [2.45, 2.75) is 27.3 Å². The van der Waals surface area contributed by atoms with Crippen LogP contribution >= 0.6 is 11.3 Å². The minimum absolute atomic E-state index is 0.189. The van der Waals surface area contributed by atoms with Gasteiger partial charge in [0.25, 0.3) is 0 Å². The largest absolute Gasteiger partial charge is 0.381 e. The van der Waals surface area contributed by atoms with E-state index in [0.29, 0.717) is 0 Å². The summed E-state index contributed by atoms with van der Waals surface area (Å²) >= 11 is 1.80. The number of anilines is 1. The van der Waals surface area contributed by atoms with E-state index in [0.717, 1.165) is 17.8 Å². The van der Waals surface area contributed by atoms with Gasteiger partial charge in [-0.1, -0.05) is 0 Å². The van der Waals surface area contributed by atoms with Gasteiger partial charge in [0.05, 0.1) is 0 Å². The smallest absolute Gasteiger partial charge is 0.125 e. The molecule has 0 bridgehead atoms. The molecule has 0 aliphatic rings. The summed E-state index contributed by atoms with van der Waals surface area (Å²) in [6, 6.07) is 7.20. The normalized spacial score (nSPS) is 10.6. The number of aryl methyl sites for hydroxylation is 3. The molecule has 0 amide bonds. The first-order valence-corrected chi connectivity index (χ1v) is 6.43. The lowest BCUT2D eigenvalue weighted by atomic mass is 10.2. The first-order chi connectivity index (χ1) is 8.04. The van der Waals surface area contributed by atoms with E-state index in [9.17, 15) is 4.39 Å². The van der Waals surface area contributed by atoms with E-state index in [4.69, 9.17) is 0 Å². The lowest BCUT2D eigenvalue weighted by molar-refractivity contribution is 0.627. The van der Waals surface area contributed by atoms with Crippen LogP contribution in [0.15, 0.2) is 24.3 Å². The Morgan fingerprint density at radius 3 is 2.47 bits per heavy atom. The molecule has 90 valence electrons. The highest BCUT2D eigenvalue weighted by molar-refractivity contribution is 7.12. The predicted octanol–water partition coefficient (Wildman–Crippen LogP) is 4.42. The summed E-state index contributed by atoms with van der Waals surface area (Å²) in [6.07, 6.45) is 0. The summed E-state index contributed by atoms with van der Waals surface area (Å²) in [5.74, 6) is -0.189. The Morgan fingerprint density at radius 2 is 1.88 bits per heavy atom. The third kappa shape index (κ3) is 3.07. The maximum Gasteiger partial charge on any atom is 0.125 e. The first-order valence-electron chi connectivity index (χ1n) is 5.61. The summed E-state index contributed by atoms with van der Waals surface area (Å²) in [5.41, 5.74) is 3.06. The monoisotopic (exact) mass is 249 g/mol. The van der Waals surface area contributed by atoms with E-state index >= 15 is 0 Å². The molecule has 0 fully saturated rings. The van der Waals surface area contributed by atoms with Crippen molar-refractivity contribution in [1.29, 1.82) is 0 Å². The highest BCUT2D eigenvalue weighted by atomic mass is 32.1. The second kappa shape index (κ2) is 4.88. The number of hydrogen-bond acceptors (Lipinski definition) is 2. The van der Waals surface area contributed by atoms with E-state index in [2.05, 4.69) is 25.2 Å². The molecule has 1 nitrogen and oxygen atoms in total. The van der Waals surface area contributed by atoms with E-state index in [1.807, 2.05) is 13.0 Å². The minimum Gasteiger partial charge on any atom is -0.381 e. The molecule has 0 saturated heterocycles. The van der Waals surface area contributed by atoms with Crippen LogP contribution in [0.1, 0.15) is 20.9 Å². The van der Waals surface area contributed by atoms with Crippen molar-refractivity contribution in [3.63, 3.8) is 0 Å². The molecule has 1 heterocycles. The highest BCUT2D eigenvalue weighted by Crippen LogP contribution is 2.22. The van der Waals surface area contributed by atoms with Crippen LogP contribution in [0.4, 0.5) is 10.1 Å². The zero-order valence-electron chi connectivity index (χ0n) is 10.3. The lowest BCUT2D eigenvalue weighted by Crippen LogP contribution is -2.00. The Bertz CT molecular complexity index is 511. The summed E-state index contributed by atoms with van der Waals surface area (Å²) in [4.78, 5) is 2.64. The fourth-order valence-electron chi connectivity index (χ4n) is 1.89. The molecule has 2 rings (SSSR count). The molecule has 0 aliphatic heterocycles. The second-order valence-electron chi connectivity index (χ2n) is 4.31. The van der Waals surface area contributed by atoms with Gasteiger partial charge in [-0.3, -0.25) is 0 Å². The van der Waals surface area contributed by atoms with Crippen molar-refractivity contribution in [3.8, 4) is 0 Å². The van der Waals surface area contributed by atoms with Gasteiger partial charge in [0, 0.05) is 22.0 Å². The van der Waals surface area contributed by atoms with Gasteiger partial charge in [-0.15, -0.1) is 11.3 Å². The van der Waals surface area contributed by atoms with Crippen molar-refractivity contribution in [2.75, 3.05) is 5.32 Å². The van der Waals surface area contributed by atoms with Crippen LogP contribution < -0.4 is 5.32 Å². The molecule has 17 heavy (non-hydrogen) atoms. The molecule has 1 aromatic heterocycles. The Labute approximate surface area is 105 Å². The van der Waals surface area contributed by atoms with Gasteiger partial charge in [0.2, 0.25) is 0 Å². The van der Waals surface area contributed by atoms with Gasteiger partial charge in [-0.05, 0) is 56.2 Å². The average Bonchev–Trinajstić information content (AvgIpc) is 2.53. The molecule has 0 unspecified atom stereocenters. The minimum atomic E-state index is -0.189. The molecule has 3 heteroatoms. The number of rotatable bonds is 3. The maximum absolute atomic E-state index is 13.2. The topological polar surface area (TPSA) is 12.0 Å². The number of nitrogens with one attached hydrogen (secondary N) is 1. The fraction of sp³-hybridized carbons (Fsp3) is 0.286. The molecule has 0 spiro atoms. The third-order valence-electron chi connectivity index (χ3n) is 2.67. The van der Waals surface area contributed by atoms with Crippen molar-refractivity contribution in [2.24, 2.45) is 0 Å². The molecule has 0 saturated carbocycles. The molecule has 1 aromatic carbocycles. The van der Waals surface area contributed by atoms with Gasteiger partial charge in [-0.25, -0.2) is 4.39 Å². The molecular weight excluding hydrogens is 233 g/mol. The summed E-state index contributed by atoms with van der Waals surface area (Å²) < 4.78 is 13.2. The molecule has 0 atom stereocenters. The Morgan fingerprint density at radius 1 is 1.12 bits per heavy atom. The Hall–Kier alpha value is -1.35. The van der Waals surface area contributed by atoms with Gasteiger partial charge in [0.15, 0.2) is 0 Å². The third-order valence-corrected chi connectivity index (χ3v) is 3.68. The molecular formula is C14H16FNS. The predicted molar refractivity (Wildman–Crippen MR) is 72.3 cm³/mol. The Kier molecular flexibility index (Phi) is 3.48. The van der Waals surface area contributed by atoms with Crippen molar-refractivity contribution in [3.05, 3.63) is 51.0 Å². The quantitative estimate of drug-likeness (QED) is 0.848. The van der Waals surface area contributed by atoms with Crippen LogP contribution in [0.25, 0.3) is 0 Å². The summed E-state index contributed by atoms with van der Waals surface area (Å²) in [5, 5.41) is 3.26. The molecule has 1 N–H and O–H groups in total. The lowest BCUT2D eigenvalue weighted by Gasteiger charge is -2.07. The van der Waals surface area contributed by atoms with Crippen LogP contribution in [-0.4, -0.2) is 0 Å². The van der Waals surface area contributed by atoms with E-state index in [-0.39, 0.29) is 5.82 Å². The molecule has 2 aromatic rings. The van der Waals surface area contributed by atoms with Crippen LogP contribution in [-0.2, 0) is 6.54 Å². The van der Waals surface area contributed by atoms with Gasteiger partial charge >= 0.3 is 0 Å².